The van der Waals surface area contributed by atoms with Gasteiger partial charge in [-0.15, -0.1) is 10.2 Å². The van der Waals surface area contributed by atoms with Gasteiger partial charge in [0.1, 0.15) is 12.0 Å². The van der Waals surface area contributed by atoms with Gasteiger partial charge in [0.05, 0.1) is 11.7 Å². The molecule has 1 atom stereocenters. The monoisotopic (exact) mass is 248 g/mol. The van der Waals surface area contributed by atoms with Crippen molar-refractivity contribution in [1.29, 1.82) is 0 Å². The van der Waals surface area contributed by atoms with Crippen LogP contribution in [-0.4, -0.2) is 25.2 Å². The minimum Gasteiger partial charge on any atom is -0.397 e. The van der Waals surface area contributed by atoms with E-state index in [2.05, 4.69) is 15.5 Å². The maximum absolute atomic E-state index is 12.1. The molecular formula is C11H16N6O. The molecule has 1 amide bonds. The summed E-state index contributed by atoms with van der Waals surface area (Å²) >= 11 is 0. The Morgan fingerprint density at radius 2 is 2.17 bits per heavy atom. The third kappa shape index (κ3) is 2.20. The molecule has 1 unspecified atom stereocenters. The van der Waals surface area contributed by atoms with E-state index >= 15 is 0 Å². The molecule has 2 heterocycles. The average molecular weight is 248 g/mol. The number of hydrogen-bond acceptors (Lipinski definition) is 4. The first kappa shape index (κ1) is 12.2. The second-order valence-corrected chi connectivity index (χ2v) is 4.26. The van der Waals surface area contributed by atoms with E-state index < -0.39 is 0 Å². The van der Waals surface area contributed by atoms with Crippen LogP contribution in [0.4, 0.5) is 5.69 Å². The van der Waals surface area contributed by atoms with E-state index in [1.54, 1.807) is 34.8 Å². The van der Waals surface area contributed by atoms with Crippen molar-refractivity contribution in [2.45, 2.75) is 13.0 Å². The molecule has 0 aliphatic rings. The van der Waals surface area contributed by atoms with E-state index in [4.69, 9.17) is 5.73 Å². The standard InChI is InChI=1S/C11H16N6O/c1-7(10-15-13-6-17(10)3)14-11(18)9-4-8(12)5-16(9)2/h4-7H,12H2,1-3H3,(H,14,18). The van der Waals surface area contributed by atoms with Crippen LogP contribution in [0.2, 0.25) is 0 Å². The van der Waals surface area contributed by atoms with Crippen LogP contribution >= 0.6 is 0 Å². The molecule has 2 aromatic rings. The van der Waals surface area contributed by atoms with Crippen molar-refractivity contribution in [2.75, 3.05) is 5.73 Å². The van der Waals surface area contributed by atoms with Crippen molar-refractivity contribution < 1.29 is 4.79 Å². The first-order valence-electron chi connectivity index (χ1n) is 5.55. The van der Waals surface area contributed by atoms with Gasteiger partial charge in [0, 0.05) is 20.3 Å². The Morgan fingerprint density at radius 3 is 2.67 bits per heavy atom. The fourth-order valence-electron chi connectivity index (χ4n) is 1.84. The molecule has 0 aliphatic heterocycles. The maximum atomic E-state index is 12.1. The Morgan fingerprint density at radius 1 is 1.44 bits per heavy atom. The number of carbonyl (C=O) groups excluding carboxylic acids is 1. The SMILES string of the molecule is CC(NC(=O)c1cc(N)cn1C)c1nncn1C. The molecule has 2 rings (SSSR count). The fourth-order valence-corrected chi connectivity index (χ4v) is 1.84. The summed E-state index contributed by atoms with van der Waals surface area (Å²) in [6, 6.07) is 1.42. The molecule has 2 aromatic heterocycles. The zero-order valence-corrected chi connectivity index (χ0v) is 10.6. The number of hydrogen-bond donors (Lipinski definition) is 2. The van der Waals surface area contributed by atoms with Crippen LogP contribution in [0.5, 0.6) is 0 Å². The summed E-state index contributed by atoms with van der Waals surface area (Å²) in [5.41, 5.74) is 6.72. The zero-order valence-electron chi connectivity index (χ0n) is 10.6. The summed E-state index contributed by atoms with van der Waals surface area (Å²) in [7, 11) is 3.61. The van der Waals surface area contributed by atoms with Crippen molar-refractivity contribution >= 4 is 11.6 Å². The minimum atomic E-state index is -0.221. The number of nitrogens with zero attached hydrogens (tertiary/aromatic N) is 4. The van der Waals surface area contributed by atoms with Crippen molar-refractivity contribution in [1.82, 2.24) is 24.6 Å². The molecule has 7 heteroatoms. The molecular weight excluding hydrogens is 232 g/mol. The van der Waals surface area contributed by atoms with Gasteiger partial charge in [0.25, 0.3) is 5.91 Å². The molecule has 0 radical (unpaired) electrons. The molecule has 3 N–H and O–H groups in total. The van der Waals surface area contributed by atoms with Crippen LogP contribution in [0.15, 0.2) is 18.6 Å². The van der Waals surface area contributed by atoms with Crippen molar-refractivity contribution in [3.63, 3.8) is 0 Å². The van der Waals surface area contributed by atoms with Gasteiger partial charge in [0.15, 0.2) is 5.82 Å². The van der Waals surface area contributed by atoms with Crippen LogP contribution < -0.4 is 11.1 Å². The highest BCUT2D eigenvalue weighted by atomic mass is 16.2. The number of aromatic nitrogens is 4. The molecule has 18 heavy (non-hydrogen) atoms. The lowest BCUT2D eigenvalue weighted by molar-refractivity contribution is 0.0929. The second kappa shape index (κ2) is 4.52. The number of anilines is 1. The lowest BCUT2D eigenvalue weighted by Gasteiger charge is -2.13. The molecule has 0 saturated heterocycles. The molecule has 0 fully saturated rings. The molecule has 0 aliphatic carbocycles. The van der Waals surface area contributed by atoms with Crippen molar-refractivity contribution in [3.05, 3.63) is 30.1 Å². The Labute approximate surface area is 105 Å². The lowest BCUT2D eigenvalue weighted by Crippen LogP contribution is -2.29. The second-order valence-electron chi connectivity index (χ2n) is 4.26. The fraction of sp³-hybridized carbons (Fsp3) is 0.364. The molecule has 96 valence electrons. The highest BCUT2D eigenvalue weighted by Crippen LogP contribution is 2.12. The quantitative estimate of drug-likeness (QED) is 0.813. The summed E-state index contributed by atoms with van der Waals surface area (Å²) in [4.78, 5) is 12.1. The number of amides is 1. The van der Waals surface area contributed by atoms with Crippen LogP contribution in [0, 0.1) is 0 Å². The van der Waals surface area contributed by atoms with Gasteiger partial charge < -0.3 is 20.2 Å². The van der Waals surface area contributed by atoms with Crippen LogP contribution in [0.1, 0.15) is 29.3 Å². The Bertz CT molecular complexity index is 570. The van der Waals surface area contributed by atoms with E-state index in [1.807, 2.05) is 14.0 Å². The topological polar surface area (TPSA) is 90.8 Å². The van der Waals surface area contributed by atoms with Crippen molar-refractivity contribution in [2.24, 2.45) is 14.1 Å². The summed E-state index contributed by atoms with van der Waals surface area (Å²) in [6.45, 7) is 1.86. The summed E-state index contributed by atoms with van der Waals surface area (Å²) in [5, 5.41) is 10.6. The number of carbonyl (C=O) groups is 1. The molecule has 0 bridgehead atoms. The summed E-state index contributed by atoms with van der Waals surface area (Å²) in [6.07, 6.45) is 3.29. The number of nitrogen functional groups attached to an aromatic ring is 1. The largest absolute Gasteiger partial charge is 0.397 e. The molecule has 0 aromatic carbocycles. The van der Waals surface area contributed by atoms with E-state index in [0.717, 1.165) is 0 Å². The van der Waals surface area contributed by atoms with Gasteiger partial charge in [-0.3, -0.25) is 4.79 Å². The Hall–Kier alpha value is -2.31. The molecule has 0 saturated carbocycles. The number of rotatable bonds is 3. The van der Waals surface area contributed by atoms with Gasteiger partial charge >= 0.3 is 0 Å². The lowest BCUT2D eigenvalue weighted by atomic mass is 10.3. The van der Waals surface area contributed by atoms with Gasteiger partial charge in [-0.25, -0.2) is 0 Å². The Balaban J connectivity index is 2.13. The maximum Gasteiger partial charge on any atom is 0.268 e. The van der Waals surface area contributed by atoms with Crippen LogP contribution in [0.3, 0.4) is 0 Å². The van der Waals surface area contributed by atoms with Gasteiger partial charge in [-0.1, -0.05) is 0 Å². The average Bonchev–Trinajstić information content (AvgIpc) is 2.84. The number of aryl methyl sites for hydroxylation is 2. The van der Waals surface area contributed by atoms with E-state index in [9.17, 15) is 4.79 Å². The number of nitrogens with one attached hydrogen (secondary N) is 1. The Kier molecular flexibility index (Phi) is 3.05. The van der Waals surface area contributed by atoms with E-state index in [1.165, 1.54) is 0 Å². The summed E-state index contributed by atoms with van der Waals surface area (Å²) < 4.78 is 3.46. The minimum absolute atomic E-state index is 0.190. The molecule has 7 nitrogen and oxygen atoms in total. The van der Waals surface area contributed by atoms with Gasteiger partial charge in [-0.05, 0) is 13.0 Å². The first-order chi connectivity index (χ1) is 8.49. The van der Waals surface area contributed by atoms with E-state index in [-0.39, 0.29) is 11.9 Å². The third-order valence-corrected chi connectivity index (χ3v) is 2.74. The normalized spacial score (nSPS) is 12.4. The highest BCUT2D eigenvalue weighted by Gasteiger charge is 2.17. The van der Waals surface area contributed by atoms with Crippen molar-refractivity contribution in [3.8, 4) is 0 Å². The number of nitrogens with two attached hydrogens (primary N) is 1. The molecule has 0 spiro atoms. The predicted molar refractivity (Wildman–Crippen MR) is 66.7 cm³/mol. The summed E-state index contributed by atoms with van der Waals surface area (Å²) in [5.74, 6) is 0.509. The zero-order chi connectivity index (χ0) is 13.3. The van der Waals surface area contributed by atoms with Crippen LogP contribution in [-0.2, 0) is 14.1 Å². The van der Waals surface area contributed by atoms with Gasteiger partial charge in [-0.2, -0.15) is 0 Å². The first-order valence-corrected chi connectivity index (χ1v) is 5.55. The van der Waals surface area contributed by atoms with Crippen LogP contribution in [0.25, 0.3) is 0 Å². The smallest absolute Gasteiger partial charge is 0.268 e. The third-order valence-electron chi connectivity index (χ3n) is 2.74. The van der Waals surface area contributed by atoms with Gasteiger partial charge in [0.2, 0.25) is 0 Å². The highest BCUT2D eigenvalue weighted by molar-refractivity contribution is 5.93. The predicted octanol–water partition coefficient (Wildman–Crippen LogP) is 0.227. The van der Waals surface area contributed by atoms with E-state index in [0.29, 0.717) is 17.2 Å².